The number of ketones is 1. The minimum atomic E-state index is -0.445. The first kappa shape index (κ1) is 16.2. The Kier molecular flexibility index (Phi) is 3.61. The summed E-state index contributed by atoms with van der Waals surface area (Å²) < 4.78 is 1.63. The van der Waals surface area contributed by atoms with Gasteiger partial charge in [-0.2, -0.15) is 10.1 Å². The van der Waals surface area contributed by atoms with E-state index in [1.807, 2.05) is 11.4 Å². The number of rotatable bonds is 2. The lowest BCUT2D eigenvalue weighted by atomic mass is 9.73. The Labute approximate surface area is 158 Å². The number of Topliss-reactive ketones (excluding diaryl/α,β-unsaturated/α-hetero) is 1. The molecule has 3 aromatic rings. The van der Waals surface area contributed by atoms with Gasteiger partial charge in [0, 0.05) is 22.9 Å². The van der Waals surface area contributed by atoms with Gasteiger partial charge in [0.1, 0.15) is 12.1 Å². The van der Waals surface area contributed by atoms with Gasteiger partial charge in [0.2, 0.25) is 5.95 Å². The number of phenols is 2. The van der Waals surface area contributed by atoms with Crippen LogP contribution in [0.4, 0.5) is 5.95 Å². The second kappa shape index (κ2) is 6.02. The maximum atomic E-state index is 13.2. The minimum Gasteiger partial charge on any atom is -0.504 e. The molecule has 0 bridgehead atoms. The van der Waals surface area contributed by atoms with E-state index in [4.69, 9.17) is 0 Å². The molecule has 1 fully saturated rings. The Morgan fingerprint density at radius 1 is 1.15 bits per heavy atom. The van der Waals surface area contributed by atoms with Crippen molar-refractivity contribution >= 4 is 28.8 Å². The monoisotopic (exact) mass is 380 g/mol. The Morgan fingerprint density at radius 2 is 2.04 bits per heavy atom. The predicted octanol–water partition coefficient (Wildman–Crippen LogP) is 3.19. The van der Waals surface area contributed by atoms with Crippen molar-refractivity contribution in [2.24, 2.45) is 10.9 Å². The van der Waals surface area contributed by atoms with Gasteiger partial charge in [-0.05, 0) is 35.6 Å². The second-order valence-corrected chi connectivity index (χ2v) is 7.84. The van der Waals surface area contributed by atoms with Gasteiger partial charge in [0.25, 0.3) is 0 Å². The van der Waals surface area contributed by atoms with Crippen LogP contribution >= 0.6 is 11.3 Å². The van der Waals surface area contributed by atoms with Gasteiger partial charge in [-0.1, -0.05) is 12.1 Å². The smallest absolute Gasteiger partial charge is 0.248 e. The summed E-state index contributed by atoms with van der Waals surface area (Å²) in [6, 6.07) is 8.23. The molecule has 3 atom stereocenters. The fourth-order valence-electron chi connectivity index (χ4n) is 4.05. The molecule has 3 heterocycles. The summed E-state index contributed by atoms with van der Waals surface area (Å²) in [6.07, 6.45) is 2.57. The molecule has 0 spiro atoms. The van der Waals surface area contributed by atoms with Crippen LogP contribution in [0.1, 0.15) is 35.2 Å². The van der Waals surface area contributed by atoms with Crippen molar-refractivity contribution in [2.75, 3.05) is 0 Å². The standard InChI is InChI=1S/C19H16N4O3S/c24-13-4-3-10(7-14(13)25)18-17-12(22-19-20-9-21-23(18)19)6-11(8-15(17)26)16-2-1-5-27-16/h1-5,7,9,11,17-18,24-25H,6,8H2. The first-order valence-electron chi connectivity index (χ1n) is 8.67. The van der Waals surface area contributed by atoms with Crippen LogP contribution in [0.5, 0.6) is 11.5 Å². The molecule has 2 aliphatic rings. The number of benzene rings is 1. The zero-order valence-corrected chi connectivity index (χ0v) is 15.0. The van der Waals surface area contributed by atoms with Crippen LogP contribution in [0.3, 0.4) is 0 Å². The molecular weight excluding hydrogens is 364 g/mol. The SMILES string of the molecule is O=C1CC(c2cccs2)CC2=Nc3ncnn3C(c3ccc(O)c(O)c3)C12. The van der Waals surface area contributed by atoms with Crippen LogP contribution in [0.25, 0.3) is 0 Å². The minimum absolute atomic E-state index is 0.108. The molecule has 1 aliphatic heterocycles. The second-order valence-electron chi connectivity index (χ2n) is 6.87. The Morgan fingerprint density at radius 3 is 2.81 bits per heavy atom. The quantitative estimate of drug-likeness (QED) is 0.665. The normalized spacial score (nSPS) is 24.2. The fourth-order valence-corrected chi connectivity index (χ4v) is 4.88. The van der Waals surface area contributed by atoms with E-state index >= 15 is 0 Å². The van der Waals surface area contributed by atoms with Crippen molar-refractivity contribution in [2.45, 2.75) is 24.8 Å². The zero-order valence-electron chi connectivity index (χ0n) is 14.2. The van der Waals surface area contributed by atoms with E-state index in [-0.39, 0.29) is 23.2 Å². The highest BCUT2D eigenvalue weighted by atomic mass is 32.1. The van der Waals surface area contributed by atoms with Crippen LogP contribution in [-0.2, 0) is 4.79 Å². The summed E-state index contributed by atoms with van der Waals surface area (Å²) in [6.45, 7) is 0. The molecule has 2 aromatic heterocycles. The third-order valence-electron chi connectivity index (χ3n) is 5.27. The van der Waals surface area contributed by atoms with E-state index in [0.29, 0.717) is 24.4 Å². The summed E-state index contributed by atoms with van der Waals surface area (Å²) in [7, 11) is 0. The largest absolute Gasteiger partial charge is 0.504 e. The lowest BCUT2D eigenvalue weighted by Crippen LogP contribution is -2.41. The molecule has 5 rings (SSSR count). The average Bonchev–Trinajstić information content (AvgIpc) is 3.33. The maximum absolute atomic E-state index is 13.2. The number of aromatic nitrogens is 3. The van der Waals surface area contributed by atoms with Crippen LogP contribution in [0, 0.1) is 5.92 Å². The molecule has 27 heavy (non-hydrogen) atoms. The lowest BCUT2D eigenvalue weighted by Gasteiger charge is -2.36. The highest BCUT2D eigenvalue weighted by Gasteiger charge is 2.44. The van der Waals surface area contributed by atoms with Crippen LogP contribution < -0.4 is 0 Å². The molecule has 7 nitrogen and oxygen atoms in total. The molecule has 1 aliphatic carbocycles. The van der Waals surface area contributed by atoms with Gasteiger partial charge in [0.05, 0.1) is 12.0 Å². The van der Waals surface area contributed by atoms with Crippen LogP contribution in [0.2, 0.25) is 0 Å². The lowest BCUT2D eigenvalue weighted by molar-refractivity contribution is -0.122. The van der Waals surface area contributed by atoms with E-state index in [1.165, 1.54) is 23.3 Å². The zero-order chi connectivity index (χ0) is 18.5. The summed E-state index contributed by atoms with van der Waals surface area (Å²) >= 11 is 1.66. The van der Waals surface area contributed by atoms with Crippen molar-refractivity contribution in [1.82, 2.24) is 14.8 Å². The van der Waals surface area contributed by atoms with Gasteiger partial charge < -0.3 is 10.2 Å². The number of hydrogen-bond donors (Lipinski definition) is 2. The van der Waals surface area contributed by atoms with Gasteiger partial charge in [0.15, 0.2) is 11.5 Å². The number of nitrogens with zero attached hydrogens (tertiary/aromatic N) is 4. The number of aromatic hydroxyl groups is 2. The number of aliphatic imine (C=N–C) groups is 1. The molecular formula is C19H16N4O3S. The summed E-state index contributed by atoms with van der Waals surface area (Å²) in [5.74, 6) is -0.168. The number of fused-ring (bicyclic) bond motifs is 2. The van der Waals surface area contributed by atoms with Crippen molar-refractivity contribution in [3.63, 3.8) is 0 Å². The van der Waals surface area contributed by atoms with E-state index in [0.717, 1.165) is 5.71 Å². The number of hydrogen-bond acceptors (Lipinski definition) is 7. The van der Waals surface area contributed by atoms with Crippen molar-refractivity contribution in [3.8, 4) is 11.5 Å². The number of carbonyl (C=O) groups excluding carboxylic acids is 1. The molecule has 136 valence electrons. The third-order valence-corrected chi connectivity index (χ3v) is 6.31. The van der Waals surface area contributed by atoms with E-state index in [1.54, 1.807) is 22.1 Å². The topological polar surface area (TPSA) is 101 Å². The van der Waals surface area contributed by atoms with Gasteiger partial charge in [-0.3, -0.25) is 4.79 Å². The summed E-state index contributed by atoms with van der Waals surface area (Å²) in [4.78, 5) is 23.2. The van der Waals surface area contributed by atoms with Gasteiger partial charge in [-0.15, -0.1) is 11.3 Å². The molecule has 2 N–H and O–H groups in total. The molecule has 1 saturated carbocycles. The van der Waals surface area contributed by atoms with Gasteiger partial charge in [-0.25, -0.2) is 9.67 Å². The average molecular weight is 380 g/mol. The highest BCUT2D eigenvalue weighted by Crippen LogP contribution is 2.45. The van der Waals surface area contributed by atoms with Gasteiger partial charge >= 0.3 is 0 Å². The Bertz CT molecular complexity index is 1060. The maximum Gasteiger partial charge on any atom is 0.248 e. The van der Waals surface area contributed by atoms with E-state index in [9.17, 15) is 15.0 Å². The summed E-state index contributed by atoms with van der Waals surface area (Å²) in [5.41, 5.74) is 1.50. The molecule has 0 amide bonds. The first-order valence-corrected chi connectivity index (χ1v) is 9.54. The van der Waals surface area contributed by atoms with E-state index < -0.39 is 12.0 Å². The number of thiophene rings is 1. The third kappa shape index (κ3) is 2.56. The number of phenolic OH excluding ortho intramolecular Hbond substituents is 2. The van der Waals surface area contributed by atoms with Crippen molar-refractivity contribution < 1.29 is 15.0 Å². The summed E-state index contributed by atoms with van der Waals surface area (Å²) in [5, 5.41) is 25.9. The predicted molar refractivity (Wildman–Crippen MR) is 99.8 cm³/mol. The van der Waals surface area contributed by atoms with Crippen molar-refractivity contribution in [1.29, 1.82) is 0 Å². The molecule has 0 saturated heterocycles. The molecule has 0 radical (unpaired) electrons. The Hall–Kier alpha value is -3.00. The fraction of sp³-hybridized carbons (Fsp3) is 0.263. The van der Waals surface area contributed by atoms with Crippen LogP contribution in [-0.4, -0.2) is 36.5 Å². The highest BCUT2D eigenvalue weighted by molar-refractivity contribution is 7.10. The Balaban J connectivity index is 1.60. The van der Waals surface area contributed by atoms with E-state index in [2.05, 4.69) is 21.1 Å². The first-order chi connectivity index (χ1) is 13.1. The molecule has 1 aromatic carbocycles. The number of carbonyl (C=O) groups is 1. The van der Waals surface area contributed by atoms with Crippen LogP contribution in [0.15, 0.2) is 47.0 Å². The van der Waals surface area contributed by atoms with Crippen molar-refractivity contribution in [3.05, 3.63) is 52.5 Å². The molecule has 3 unspecified atom stereocenters. The molecule has 8 heteroatoms.